The molecule has 0 atom stereocenters. The molecule has 0 N–H and O–H groups in total. The Morgan fingerprint density at radius 2 is 1.72 bits per heavy atom. The van der Waals surface area contributed by atoms with Crippen LogP contribution in [0.4, 0.5) is 11.4 Å². The third-order valence-corrected chi connectivity index (χ3v) is 2.71. The third kappa shape index (κ3) is 3.42. The summed E-state index contributed by atoms with van der Waals surface area (Å²) in [5.74, 6) is 0. The molecule has 2 aromatic carbocycles. The van der Waals surface area contributed by atoms with E-state index in [2.05, 4.69) is 22.9 Å². The molecule has 0 saturated heterocycles. The second-order valence-corrected chi connectivity index (χ2v) is 4.29. The average Bonchev–Trinajstić information content (AvgIpc) is 2.40. The predicted octanol–water partition coefficient (Wildman–Crippen LogP) is 4.54. The lowest BCUT2D eigenvalue weighted by atomic mass is 10.2. The van der Waals surface area contributed by atoms with E-state index in [1.165, 1.54) is 0 Å². The number of azo groups is 1. The molecule has 0 aliphatic carbocycles. The van der Waals surface area contributed by atoms with Crippen LogP contribution in [0.5, 0.6) is 0 Å². The Morgan fingerprint density at radius 1 is 1.00 bits per heavy atom. The molecular formula is C14H14N2OS. The van der Waals surface area contributed by atoms with Crippen LogP contribution < -0.4 is 0 Å². The van der Waals surface area contributed by atoms with E-state index in [9.17, 15) is 0 Å². The van der Waals surface area contributed by atoms with Crippen molar-refractivity contribution in [2.45, 2.75) is 11.5 Å². The Balaban J connectivity index is 2.20. The van der Waals surface area contributed by atoms with Gasteiger partial charge in [-0.15, -0.1) is 12.6 Å². The van der Waals surface area contributed by atoms with E-state index in [0.29, 0.717) is 6.61 Å². The fraction of sp³-hybridized carbons (Fsp3) is 0.143. The molecule has 0 aromatic heterocycles. The first-order valence-corrected chi connectivity index (χ1v) is 6.02. The van der Waals surface area contributed by atoms with Crippen molar-refractivity contribution in [2.75, 3.05) is 7.11 Å². The summed E-state index contributed by atoms with van der Waals surface area (Å²) in [6.07, 6.45) is 0. The second-order valence-electron chi connectivity index (χ2n) is 3.78. The van der Waals surface area contributed by atoms with Crippen LogP contribution in [0.25, 0.3) is 0 Å². The fourth-order valence-electron chi connectivity index (χ4n) is 1.52. The second kappa shape index (κ2) is 6.33. The molecule has 92 valence electrons. The Hall–Kier alpha value is -1.65. The van der Waals surface area contributed by atoms with Gasteiger partial charge in [0.2, 0.25) is 0 Å². The molecule has 0 radical (unpaired) electrons. The number of benzene rings is 2. The molecular weight excluding hydrogens is 244 g/mol. The zero-order valence-electron chi connectivity index (χ0n) is 10.1. The molecule has 4 heteroatoms. The van der Waals surface area contributed by atoms with Gasteiger partial charge < -0.3 is 4.74 Å². The number of hydrogen-bond acceptors (Lipinski definition) is 4. The lowest BCUT2D eigenvalue weighted by Gasteiger charge is -2.02. The minimum atomic E-state index is 0.533. The van der Waals surface area contributed by atoms with Crippen LogP contribution in [0.2, 0.25) is 0 Å². The minimum Gasteiger partial charge on any atom is -0.380 e. The first kappa shape index (κ1) is 12.8. The molecule has 0 spiro atoms. The predicted molar refractivity (Wildman–Crippen MR) is 75.0 cm³/mol. The van der Waals surface area contributed by atoms with Crippen molar-refractivity contribution >= 4 is 24.0 Å². The summed E-state index contributed by atoms with van der Waals surface area (Å²) >= 11 is 4.22. The standard InChI is InChI=1S/C14H14N2OS/c1-17-10-11-4-2-3-5-14(11)16-15-12-6-8-13(18)9-7-12/h2-9,18H,10H2,1H3. The number of nitrogens with zero attached hydrogens (tertiary/aromatic N) is 2. The van der Waals surface area contributed by atoms with Gasteiger partial charge in [-0.3, -0.25) is 0 Å². The van der Waals surface area contributed by atoms with Crippen LogP contribution in [-0.4, -0.2) is 7.11 Å². The monoisotopic (exact) mass is 258 g/mol. The summed E-state index contributed by atoms with van der Waals surface area (Å²) in [5, 5.41) is 8.44. The van der Waals surface area contributed by atoms with Crippen LogP contribution >= 0.6 is 12.6 Å². The van der Waals surface area contributed by atoms with E-state index >= 15 is 0 Å². The maximum atomic E-state index is 5.12. The molecule has 0 unspecified atom stereocenters. The van der Waals surface area contributed by atoms with Crippen molar-refractivity contribution in [3.05, 3.63) is 54.1 Å². The van der Waals surface area contributed by atoms with E-state index in [0.717, 1.165) is 21.8 Å². The highest BCUT2D eigenvalue weighted by Crippen LogP contribution is 2.23. The van der Waals surface area contributed by atoms with Gasteiger partial charge in [0.25, 0.3) is 0 Å². The molecule has 2 aromatic rings. The van der Waals surface area contributed by atoms with E-state index in [1.54, 1.807) is 7.11 Å². The van der Waals surface area contributed by atoms with Crippen LogP contribution in [-0.2, 0) is 11.3 Å². The molecule has 0 saturated carbocycles. The SMILES string of the molecule is COCc1ccccc1N=Nc1ccc(S)cc1. The van der Waals surface area contributed by atoms with Gasteiger partial charge in [-0.1, -0.05) is 18.2 Å². The maximum Gasteiger partial charge on any atom is 0.0912 e. The molecule has 0 fully saturated rings. The van der Waals surface area contributed by atoms with Crippen molar-refractivity contribution in [1.29, 1.82) is 0 Å². The zero-order valence-corrected chi connectivity index (χ0v) is 11.0. The summed E-state index contributed by atoms with van der Waals surface area (Å²) < 4.78 is 5.12. The molecule has 0 aliphatic rings. The Morgan fingerprint density at radius 3 is 2.44 bits per heavy atom. The summed E-state index contributed by atoms with van der Waals surface area (Å²) in [4.78, 5) is 0.911. The molecule has 0 bridgehead atoms. The highest BCUT2D eigenvalue weighted by atomic mass is 32.1. The Kier molecular flexibility index (Phi) is 4.50. The molecule has 0 heterocycles. The van der Waals surface area contributed by atoms with E-state index in [-0.39, 0.29) is 0 Å². The smallest absolute Gasteiger partial charge is 0.0912 e. The summed E-state index contributed by atoms with van der Waals surface area (Å²) in [7, 11) is 1.67. The number of hydrogen-bond donors (Lipinski definition) is 1. The molecule has 18 heavy (non-hydrogen) atoms. The largest absolute Gasteiger partial charge is 0.380 e. The molecule has 0 amide bonds. The number of rotatable bonds is 4. The summed E-state index contributed by atoms with van der Waals surface area (Å²) in [6.45, 7) is 0.533. The number of thiol groups is 1. The maximum absolute atomic E-state index is 5.12. The van der Waals surface area contributed by atoms with Gasteiger partial charge in [0, 0.05) is 17.6 Å². The van der Waals surface area contributed by atoms with Crippen LogP contribution in [0.15, 0.2) is 63.7 Å². The quantitative estimate of drug-likeness (QED) is 0.634. The van der Waals surface area contributed by atoms with E-state index < -0.39 is 0 Å². The lowest BCUT2D eigenvalue weighted by molar-refractivity contribution is 0.185. The number of ether oxygens (including phenoxy) is 1. The Labute approximate surface area is 112 Å². The van der Waals surface area contributed by atoms with Crippen LogP contribution in [0.3, 0.4) is 0 Å². The molecule has 2 rings (SSSR count). The van der Waals surface area contributed by atoms with Crippen molar-refractivity contribution in [1.82, 2.24) is 0 Å². The first-order chi connectivity index (χ1) is 8.79. The first-order valence-electron chi connectivity index (χ1n) is 5.57. The van der Waals surface area contributed by atoms with Crippen molar-refractivity contribution in [2.24, 2.45) is 10.2 Å². The fourth-order valence-corrected chi connectivity index (χ4v) is 1.67. The zero-order chi connectivity index (χ0) is 12.8. The van der Waals surface area contributed by atoms with Gasteiger partial charge in [0.05, 0.1) is 18.0 Å². The topological polar surface area (TPSA) is 34.0 Å². The van der Waals surface area contributed by atoms with Crippen molar-refractivity contribution in [3.63, 3.8) is 0 Å². The summed E-state index contributed by atoms with van der Waals surface area (Å²) in [5.41, 5.74) is 2.66. The van der Waals surface area contributed by atoms with E-state index in [1.807, 2.05) is 48.5 Å². The van der Waals surface area contributed by atoms with Crippen LogP contribution in [0, 0.1) is 0 Å². The van der Waals surface area contributed by atoms with Crippen molar-refractivity contribution in [3.8, 4) is 0 Å². The van der Waals surface area contributed by atoms with Gasteiger partial charge in [-0.25, -0.2) is 0 Å². The lowest BCUT2D eigenvalue weighted by Crippen LogP contribution is -1.86. The van der Waals surface area contributed by atoms with Gasteiger partial charge in [0.1, 0.15) is 0 Å². The van der Waals surface area contributed by atoms with Gasteiger partial charge >= 0.3 is 0 Å². The third-order valence-electron chi connectivity index (χ3n) is 2.41. The minimum absolute atomic E-state index is 0.533. The molecule has 0 aliphatic heterocycles. The van der Waals surface area contributed by atoms with Gasteiger partial charge in [0.15, 0.2) is 0 Å². The summed E-state index contributed by atoms with van der Waals surface area (Å²) in [6, 6.07) is 15.3. The highest BCUT2D eigenvalue weighted by Gasteiger charge is 1.99. The Bertz CT molecular complexity index is 538. The molecule has 3 nitrogen and oxygen atoms in total. The van der Waals surface area contributed by atoms with Crippen molar-refractivity contribution < 1.29 is 4.74 Å². The van der Waals surface area contributed by atoms with Gasteiger partial charge in [-0.2, -0.15) is 10.2 Å². The highest BCUT2D eigenvalue weighted by molar-refractivity contribution is 7.80. The average molecular weight is 258 g/mol. The number of methoxy groups -OCH3 is 1. The normalized spacial score (nSPS) is 11.0. The van der Waals surface area contributed by atoms with E-state index in [4.69, 9.17) is 4.74 Å². The van der Waals surface area contributed by atoms with Gasteiger partial charge in [-0.05, 0) is 30.3 Å². The van der Waals surface area contributed by atoms with Crippen LogP contribution in [0.1, 0.15) is 5.56 Å².